The summed E-state index contributed by atoms with van der Waals surface area (Å²) in [6, 6.07) is 10.2. The fraction of sp³-hybridized carbons (Fsp3) is 0.333. The minimum Gasteiger partial charge on any atom is -0.506 e. The number of nitrogens with one attached hydrogen (secondary N) is 1. The highest BCUT2D eigenvalue weighted by Crippen LogP contribution is 2.33. The van der Waals surface area contributed by atoms with Gasteiger partial charge in [-0.05, 0) is 28.7 Å². The van der Waals surface area contributed by atoms with Gasteiger partial charge in [-0.25, -0.2) is 13.1 Å². The van der Waals surface area contributed by atoms with Crippen LogP contribution in [0.2, 0.25) is 5.02 Å². The van der Waals surface area contributed by atoms with Crippen molar-refractivity contribution in [1.82, 2.24) is 4.72 Å². The van der Waals surface area contributed by atoms with Crippen molar-refractivity contribution in [3.05, 3.63) is 58.1 Å². The van der Waals surface area contributed by atoms with Crippen molar-refractivity contribution in [2.24, 2.45) is 5.73 Å². The lowest BCUT2D eigenvalue weighted by atomic mass is 9.86. The van der Waals surface area contributed by atoms with E-state index in [0.717, 1.165) is 5.56 Å². The average Bonchev–Trinajstić information content (AvgIpc) is 2.53. The van der Waals surface area contributed by atoms with Gasteiger partial charge in [0, 0.05) is 23.7 Å². The molecule has 2 rings (SSSR count). The van der Waals surface area contributed by atoms with Gasteiger partial charge in [0.05, 0.1) is 0 Å². The van der Waals surface area contributed by atoms with Crippen LogP contribution >= 0.6 is 24.0 Å². The lowest BCUT2D eigenvalue weighted by molar-refractivity contribution is 0.448. The van der Waals surface area contributed by atoms with Gasteiger partial charge in [0.15, 0.2) is 0 Å². The van der Waals surface area contributed by atoms with Crippen molar-refractivity contribution < 1.29 is 13.5 Å². The first-order valence-electron chi connectivity index (χ1n) is 7.86. The summed E-state index contributed by atoms with van der Waals surface area (Å²) in [5, 5.41) is 10.8. The Morgan fingerprint density at radius 2 is 1.77 bits per heavy atom. The zero-order valence-electron chi connectivity index (χ0n) is 14.9. The third-order valence-electron chi connectivity index (χ3n) is 3.94. The predicted molar refractivity (Wildman–Crippen MR) is 107 cm³/mol. The fourth-order valence-corrected chi connectivity index (χ4v) is 3.72. The summed E-state index contributed by atoms with van der Waals surface area (Å²) in [6.45, 7) is 5.97. The maximum Gasteiger partial charge on any atom is 0.244 e. The number of aromatic hydroxyl groups is 1. The molecule has 0 saturated carbocycles. The maximum absolute atomic E-state index is 12.7. The van der Waals surface area contributed by atoms with Gasteiger partial charge >= 0.3 is 0 Å². The van der Waals surface area contributed by atoms with E-state index in [4.69, 9.17) is 17.3 Å². The number of sulfonamides is 1. The monoisotopic (exact) mass is 418 g/mol. The molecular weight excluding hydrogens is 395 g/mol. The Bertz CT molecular complexity index is 878. The molecule has 0 radical (unpaired) electrons. The third kappa shape index (κ3) is 5.11. The van der Waals surface area contributed by atoms with E-state index in [1.54, 1.807) is 30.3 Å². The number of benzene rings is 2. The molecule has 144 valence electrons. The molecule has 0 atom stereocenters. The van der Waals surface area contributed by atoms with Crippen molar-refractivity contribution in [2.45, 2.75) is 44.2 Å². The zero-order chi connectivity index (χ0) is 18.8. The van der Waals surface area contributed by atoms with Crippen molar-refractivity contribution >= 4 is 34.0 Å². The quantitative estimate of drug-likeness (QED) is 0.689. The SMILES string of the molecule is CC(C)(C)c1cc(CN)c(O)c(S(=O)(=O)NCc2ccccc2Cl)c1.Cl. The van der Waals surface area contributed by atoms with Crippen LogP contribution in [0.15, 0.2) is 41.3 Å². The minimum absolute atomic E-state index is 0. The lowest BCUT2D eigenvalue weighted by Crippen LogP contribution is -2.25. The molecule has 0 aliphatic heterocycles. The molecule has 0 aromatic heterocycles. The summed E-state index contributed by atoms with van der Waals surface area (Å²) in [6.07, 6.45) is 0. The minimum atomic E-state index is -3.94. The number of nitrogens with two attached hydrogens (primary N) is 1. The normalized spacial score (nSPS) is 11.9. The first kappa shape index (κ1) is 22.7. The fourth-order valence-electron chi connectivity index (χ4n) is 2.35. The Labute approximate surface area is 166 Å². The van der Waals surface area contributed by atoms with Crippen molar-refractivity contribution in [2.75, 3.05) is 0 Å². The van der Waals surface area contributed by atoms with Gasteiger partial charge in [-0.2, -0.15) is 0 Å². The smallest absolute Gasteiger partial charge is 0.244 e. The third-order valence-corrected chi connectivity index (χ3v) is 5.72. The van der Waals surface area contributed by atoms with Crippen molar-refractivity contribution in [3.8, 4) is 5.75 Å². The molecule has 4 N–H and O–H groups in total. The van der Waals surface area contributed by atoms with E-state index in [1.807, 2.05) is 20.8 Å². The standard InChI is InChI=1S/C18H23ClN2O3S.ClH/c1-18(2,3)14-8-13(10-20)17(22)16(9-14)25(23,24)21-11-12-6-4-5-7-15(12)19;/h4-9,21-22H,10-11,20H2,1-3H3;1H. The molecule has 0 amide bonds. The second-order valence-electron chi connectivity index (χ2n) is 6.85. The van der Waals surface area contributed by atoms with Crippen LogP contribution in [0.4, 0.5) is 0 Å². The van der Waals surface area contributed by atoms with E-state index in [9.17, 15) is 13.5 Å². The number of hydrogen-bond donors (Lipinski definition) is 3. The predicted octanol–water partition coefficient (Wildman–Crippen LogP) is 3.70. The highest BCUT2D eigenvalue weighted by Gasteiger charge is 2.25. The van der Waals surface area contributed by atoms with E-state index in [0.29, 0.717) is 16.1 Å². The molecule has 0 saturated heterocycles. The first-order chi connectivity index (χ1) is 11.6. The lowest BCUT2D eigenvalue weighted by Gasteiger charge is -2.22. The Morgan fingerprint density at radius 1 is 1.15 bits per heavy atom. The summed E-state index contributed by atoms with van der Waals surface area (Å²) in [4.78, 5) is -0.174. The summed E-state index contributed by atoms with van der Waals surface area (Å²) in [7, 11) is -3.94. The van der Waals surface area contributed by atoms with Gasteiger partial charge in [0.25, 0.3) is 0 Å². The number of phenols is 1. The van der Waals surface area contributed by atoms with Gasteiger partial charge in [-0.3, -0.25) is 0 Å². The van der Waals surface area contributed by atoms with E-state index in [1.165, 1.54) is 6.07 Å². The van der Waals surface area contributed by atoms with Crippen LogP contribution in [0.3, 0.4) is 0 Å². The van der Waals surface area contributed by atoms with Crippen LogP contribution in [-0.4, -0.2) is 13.5 Å². The Kier molecular flexibility index (Phi) is 7.51. The van der Waals surface area contributed by atoms with E-state index < -0.39 is 10.0 Å². The zero-order valence-corrected chi connectivity index (χ0v) is 17.3. The van der Waals surface area contributed by atoms with Crippen LogP contribution in [0.1, 0.15) is 37.5 Å². The van der Waals surface area contributed by atoms with Crippen LogP contribution in [0.25, 0.3) is 0 Å². The molecule has 0 aliphatic carbocycles. The number of phenolic OH excluding ortho intramolecular Hbond substituents is 1. The molecule has 0 unspecified atom stereocenters. The molecule has 8 heteroatoms. The molecule has 5 nitrogen and oxygen atoms in total. The van der Waals surface area contributed by atoms with E-state index in [-0.39, 0.29) is 41.6 Å². The van der Waals surface area contributed by atoms with Crippen molar-refractivity contribution in [1.29, 1.82) is 0 Å². The number of hydrogen-bond acceptors (Lipinski definition) is 4. The van der Waals surface area contributed by atoms with Crippen LogP contribution in [0, 0.1) is 0 Å². The molecule has 2 aromatic carbocycles. The van der Waals surface area contributed by atoms with Gasteiger partial charge in [-0.15, -0.1) is 12.4 Å². The Morgan fingerprint density at radius 3 is 2.31 bits per heavy atom. The molecule has 2 aromatic rings. The topological polar surface area (TPSA) is 92.4 Å². The second kappa shape index (κ2) is 8.59. The van der Waals surface area contributed by atoms with Crippen LogP contribution < -0.4 is 10.5 Å². The van der Waals surface area contributed by atoms with Gasteiger partial charge < -0.3 is 10.8 Å². The largest absolute Gasteiger partial charge is 0.506 e. The molecule has 0 bridgehead atoms. The molecule has 26 heavy (non-hydrogen) atoms. The van der Waals surface area contributed by atoms with Crippen LogP contribution in [-0.2, 0) is 28.5 Å². The Balaban J connectivity index is 0.00000338. The molecular formula is C18H24Cl2N2O3S. The van der Waals surface area contributed by atoms with Crippen LogP contribution in [0.5, 0.6) is 5.75 Å². The van der Waals surface area contributed by atoms with E-state index >= 15 is 0 Å². The summed E-state index contributed by atoms with van der Waals surface area (Å²) in [5.41, 5.74) is 7.21. The average molecular weight is 419 g/mol. The molecule has 0 fully saturated rings. The second-order valence-corrected chi connectivity index (χ2v) is 8.99. The van der Waals surface area contributed by atoms with E-state index in [2.05, 4.69) is 4.72 Å². The summed E-state index contributed by atoms with van der Waals surface area (Å²) >= 11 is 6.06. The highest BCUT2D eigenvalue weighted by atomic mass is 35.5. The van der Waals surface area contributed by atoms with Gasteiger partial charge in [-0.1, -0.05) is 56.6 Å². The Hall–Kier alpha value is -1.31. The number of rotatable bonds is 5. The summed E-state index contributed by atoms with van der Waals surface area (Å²) in [5.74, 6) is -0.317. The van der Waals surface area contributed by atoms with Gasteiger partial charge in [0.1, 0.15) is 10.6 Å². The molecule has 0 heterocycles. The van der Waals surface area contributed by atoms with Gasteiger partial charge in [0.2, 0.25) is 10.0 Å². The highest BCUT2D eigenvalue weighted by molar-refractivity contribution is 7.89. The van der Waals surface area contributed by atoms with Crippen molar-refractivity contribution in [3.63, 3.8) is 0 Å². The first-order valence-corrected chi connectivity index (χ1v) is 9.72. The molecule has 0 spiro atoms. The summed E-state index contributed by atoms with van der Waals surface area (Å²) < 4.78 is 28.0. The molecule has 0 aliphatic rings. The number of halogens is 2. The maximum atomic E-state index is 12.7.